The van der Waals surface area contributed by atoms with E-state index >= 15 is 0 Å². The first-order valence-corrected chi connectivity index (χ1v) is 8.72. The van der Waals surface area contributed by atoms with E-state index in [1.165, 1.54) is 12.8 Å². The molecule has 1 aliphatic rings. The van der Waals surface area contributed by atoms with E-state index in [-0.39, 0.29) is 0 Å². The van der Waals surface area contributed by atoms with E-state index in [9.17, 15) is 4.79 Å². The number of hydrogen-bond donors (Lipinski definition) is 2. The maximum atomic E-state index is 11.1. The first-order chi connectivity index (χ1) is 11.3. The molecule has 0 saturated heterocycles. The Hall–Kier alpha value is -2.10. The summed E-state index contributed by atoms with van der Waals surface area (Å²) in [6.45, 7) is 6.99. The van der Waals surface area contributed by atoms with Crippen LogP contribution < -0.4 is 5.32 Å². The van der Waals surface area contributed by atoms with E-state index in [1.54, 1.807) is 12.1 Å². The Morgan fingerprint density at radius 3 is 2.46 bits per heavy atom. The van der Waals surface area contributed by atoms with Gasteiger partial charge in [0.05, 0.1) is 5.56 Å². The Labute approximate surface area is 143 Å². The van der Waals surface area contributed by atoms with Gasteiger partial charge in [0.2, 0.25) is 0 Å². The molecule has 4 nitrogen and oxygen atoms in total. The molecule has 0 spiro atoms. The van der Waals surface area contributed by atoms with Gasteiger partial charge in [0.15, 0.2) is 0 Å². The number of benzene rings is 1. The quantitative estimate of drug-likeness (QED) is 0.837. The number of nitrogens with one attached hydrogen (secondary N) is 1. The van der Waals surface area contributed by atoms with Crippen LogP contribution in [0.3, 0.4) is 0 Å². The molecule has 4 heteroatoms. The number of carboxylic acid groups (broad SMARTS) is 1. The Morgan fingerprint density at radius 1 is 1.12 bits per heavy atom. The van der Waals surface area contributed by atoms with Gasteiger partial charge in [0.1, 0.15) is 5.82 Å². The van der Waals surface area contributed by atoms with Crippen LogP contribution in [0.5, 0.6) is 0 Å². The lowest BCUT2D eigenvalue weighted by atomic mass is 9.71. The molecule has 128 valence electrons. The molecular weight excluding hydrogens is 300 g/mol. The number of aromatic carboxylic acids is 1. The number of carboxylic acids is 1. The lowest BCUT2D eigenvalue weighted by Gasteiger charge is -2.37. The molecule has 2 N–H and O–H groups in total. The molecule has 24 heavy (non-hydrogen) atoms. The maximum Gasteiger partial charge on any atom is 0.335 e. The fraction of sp³-hybridized carbons (Fsp3) is 0.500. The van der Waals surface area contributed by atoms with Crippen molar-refractivity contribution in [2.45, 2.75) is 52.5 Å². The molecule has 1 aromatic heterocycles. The third-order valence-corrected chi connectivity index (χ3v) is 5.27. The van der Waals surface area contributed by atoms with Gasteiger partial charge in [-0.05, 0) is 60.6 Å². The molecule has 0 bridgehead atoms. The van der Waals surface area contributed by atoms with Crippen molar-refractivity contribution in [1.29, 1.82) is 0 Å². The molecule has 0 atom stereocenters. The number of rotatable bonds is 3. The summed E-state index contributed by atoms with van der Waals surface area (Å²) in [6, 6.07) is 7.55. The zero-order chi connectivity index (χ0) is 17.3. The molecule has 0 radical (unpaired) electrons. The number of carbonyl (C=O) groups is 1. The minimum atomic E-state index is -0.899. The van der Waals surface area contributed by atoms with Gasteiger partial charge < -0.3 is 10.4 Å². The van der Waals surface area contributed by atoms with Crippen molar-refractivity contribution >= 4 is 22.6 Å². The number of nitrogens with zero attached hydrogens (tertiary/aromatic N) is 1. The third-order valence-electron chi connectivity index (χ3n) is 5.27. The second kappa shape index (κ2) is 6.42. The van der Waals surface area contributed by atoms with E-state index in [0.29, 0.717) is 17.0 Å². The number of hydrogen-bond acceptors (Lipinski definition) is 3. The first-order valence-electron chi connectivity index (χ1n) is 8.72. The summed E-state index contributed by atoms with van der Waals surface area (Å²) in [4.78, 5) is 15.6. The Bertz CT molecular complexity index is 741. The lowest BCUT2D eigenvalue weighted by Crippen LogP contribution is -2.31. The van der Waals surface area contributed by atoms with Crippen LogP contribution in [-0.2, 0) is 0 Å². The zero-order valence-corrected chi connectivity index (χ0v) is 14.7. The Balaban J connectivity index is 1.71. The molecular formula is C20H26N2O2. The van der Waals surface area contributed by atoms with Crippen molar-refractivity contribution in [1.82, 2.24) is 4.98 Å². The number of anilines is 1. The molecule has 1 aromatic carbocycles. The van der Waals surface area contributed by atoms with Crippen LogP contribution in [0.2, 0.25) is 0 Å². The molecule has 1 saturated carbocycles. The summed E-state index contributed by atoms with van der Waals surface area (Å²) in [7, 11) is 0. The second-order valence-corrected chi connectivity index (χ2v) is 8.00. The highest BCUT2D eigenvalue weighted by Crippen LogP contribution is 2.38. The summed E-state index contributed by atoms with van der Waals surface area (Å²) in [6.07, 6.45) is 6.63. The maximum absolute atomic E-state index is 11.1. The van der Waals surface area contributed by atoms with Gasteiger partial charge in [-0.3, -0.25) is 0 Å². The number of pyridine rings is 1. The van der Waals surface area contributed by atoms with E-state index < -0.39 is 5.97 Å². The van der Waals surface area contributed by atoms with Gasteiger partial charge in [-0.1, -0.05) is 26.8 Å². The SMILES string of the molecule is CC(C)(C)[C@H]1CC[C@H](Nc2cc3cc(C(=O)O)ccc3cn2)CC1. The standard InChI is InChI=1S/C20H26N2O2/c1-20(2,3)16-6-8-17(9-7-16)22-18-11-15-10-13(19(23)24)4-5-14(15)12-21-18/h4-5,10-12,16-17H,6-9H2,1-3H3,(H,21,22)(H,23,24)/t16-,17-. The minimum Gasteiger partial charge on any atom is -0.478 e. The zero-order valence-electron chi connectivity index (χ0n) is 14.7. The molecule has 1 fully saturated rings. The predicted molar refractivity (Wildman–Crippen MR) is 97.5 cm³/mol. The Kier molecular flexibility index (Phi) is 4.48. The van der Waals surface area contributed by atoms with Crippen molar-refractivity contribution in [3.05, 3.63) is 36.0 Å². The van der Waals surface area contributed by atoms with E-state index in [2.05, 4.69) is 31.1 Å². The summed E-state index contributed by atoms with van der Waals surface area (Å²) < 4.78 is 0. The van der Waals surface area contributed by atoms with Crippen molar-refractivity contribution in [3.63, 3.8) is 0 Å². The fourth-order valence-corrected chi connectivity index (χ4v) is 3.67. The van der Waals surface area contributed by atoms with E-state index in [1.807, 2.05) is 18.3 Å². The van der Waals surface area contributed by atoms with Gasteiger partial charge in [0.25, 0.3) is 0 Å². The van der Waals surface area contributed by atoms with Gasteiger partial charge in [-0.25, -0.2) is 9.78 Å². The van der Waals surface area contributed by atoms with Gasteiger partial charge in [-0.15, -0.1) is 0 Å². The fourth-order valence-electron chi connectivity index (χ4n) is 3.67. The highest BCUT2D eigenvalue weighted by atomic mass is 16.4. The van der Waals surface area contributed by atoms with Gasteiger partial charge >= 0.3 is 5.97 Å². The molecule has 0 amide bonds. The second-order valence-electron chi connectivity index (χ2n) is 8.00. The van der Waals surface area contributed by atoms with Crippen molar-refractivity contribution in [2.24, 2.45) is 11.3 Å². The minimum absolute atomic E-state index is 0.310. The molecule has 0 unspecified atom stereocenters. The van der Waals surface area contributed by atoms with Crippen LogP contribution in [-0.4, -0.2) is 22.1 Å². The van der Waals surface area contributed by atoms with Crippen LogP contribution in [0.15, 0.2) is 30.5 Å². The van der Waals surface area contributed by atoms with E-state index in [4.69, 9.17) is 5.11 Å². The lowest BCUT2D eigenvalue weighted by molar-refractivity contribution is 0.0697. The summed E-state index contributed by atoms with van der Waals surface area (Å²) >= 11 is 0. The summed E-state index contributed by atoms with van der Waals surface area (Å²) in [5.74, 6) is 0.728. The van der Waals surface area contributed by atoms with Gasteiger partial charge in [0, 0.05) is 17.6 Å². The molecule has 1 aliphatic carbocycles. The normalized spacial score (nSPS) is 21.6. The van der Waals surface area contributed by atoms with Crippen LogP contribution in [0.25, 0.3) is 10.8 Å². The molecule has 0 aliphatic heterocycles. The largest absolute Gasteiger partial charge is 0.478 e. The van der Waals surface area contributed by atoms with Crippen molar-refractivity contribution in [3.8, 4) is 0 Å². The summed E-state index contributed by atoms with van der Waals surface area (Å²) in [5.41, 5.74) is 0.699. The van der Waals surface area contributed by atoms with Gasteiger partial charge in [-0.2, -0.15) is 0 Å². The third kappa shape index (κ3) is 3.69. The smallest absolute Gasteiger partial charge is 0.335 e. The number of fused-ring (bicyclic) bond motifs is 1. The molecule has 1 heterocycles. The number of aromatic nitrogens is 1. The average molecular weight is 326 g/mol. The topological polar surface area (TPSA) is 62.2 Å². The van der Waals surface area contributed by atoms with Crippen molar-refractivity contribution in [2.75, 3.05) is 5.32 Å². The van der Waals surface area contributed by atoms with Crippen LogP contribution in [0, 0.1) is 11.3 Å². The average Bonchev–Trinajstić information content (AvgIpc) is 2.54. The van der Waals surface area contributed by atoms with E-state index in [0.717, 1.165) is 35.3 Å². The van der Waals surface area contributed by atoms with Crippen LogP contribution >= 0.6 is 0 Å². The van der Waals surface area contributed by atoms with Crippen molar-refractivity contribution < 1.29 is 9.90 Å². The molecule has 2 aromatic rings. The Morgan fingerprint density at radius 2 is 1.83 bits per heavy atom. The summed E-state index contributed by atoms with van der Waals surface area (Å²) in [5, 5.41) is 14.5. The monoisotopic (exact) mass is 326 g/mol. The van der Waals surface area contributed by atoms with Crippen LogP contribution in [0.1, 0.15) is 56.8 Å². The predicted octanol–water partition coefficient (Wildman–Crippen LogP) is 4.95. The van der Waals surface area contributed by atoms with Crippen LogP contribution in [0.4, 0.5) is 5.82 Å². The molecule has 3 rings (SSSR count). The highest BCUT2D eigenvalue weighted by Gasteiger charge is 2.29. The first kappa shape index (κ1) is 16.7. The highest BCUT2D eigenvalue weighted by molar-refractivity contribution is 5.94.